The van der Waals surface area contributed by atoms with Gasteiger partial charge in [0.15, 0.2) is 16.8 Å². The number of amides is 1. The van der Waals surface area contributed by atoms with Crippen LogP contribution in [0.3, 0.4) is 0 Å². The van der Waals surface area contributed by atoms with Gasteiger partial charge in [-0.05, 0) is 42.3 Å². The highest BCUT2D eigenvalue weighted by Crippen LogP contribution is 2.52. The molecule has 180 valence electrons. The maximum absolute atomic E-state index is 15.0. The van der Waals surface area contributed by atoms with Crippen LogP contribution in [0.25, 0.3) is 0 Å². The summed E-state index contributed by atoms with van der Waals surface area (Å²) in [4.78, 5) is 17.6. The molecule has 3 atom stereocenters. The summed E-state index contributed by atoms with van der Waals surface area (Å²) >= 11 is 1.43. The number of aliphatic imine (C=N–C) groups is 1. The summed E-state index contributed by atoms with van der Waals surface area (Å²) in [5.41, 5.74) is 0.606. The second-order valence-electron chi connectivity index (χ2n) is 8.77. The Kier molecular flexibility index (Phi) is 6.67. The molecule has 0 bridgehead atoms. The standard InChI is InChI=1S/C27H23F3N2O2S/c28-22-9-5-4-8-21(22)27-14-20(34-15-17-10-11-23(29)24(30)12-17)13-19(27)16-35-26(32-27)31-25(33)18-6-2-1-3-7-18/h1-12,19-20H,13-16H2,(H,31,32,33)/t19-,20-,27-/m0/s1. The minimum atomic E-state index is -0.922. The molecule has 1 aliphatic carbocycles. The number of fused-ring (bicyclic) bond motifs is 1. The number of carbonyl (C=O) groups is 1. The van der Waals surface area contributed by atoms with Crippen molar-refractivity contribution in [3.8, 4) is 0 Å². The lowest BCUT2D eigenvalue weighted by atomic mass is 9.81. The molecule has 2 aliphatic rings. The van der Waals surface area contributed by atoms with Gasteiger partial charge in [0.05, 0.1) is 18.2 Å². The SMILES string of the molecule is O=C(NC1=N[C@@]2(c3ccccc3F)C[C@@H](OCc3ccc(F)c(F)c3)C[C@H]2CS1)c1ccccc1. The molecule has 0 saturated heterocycles. The average molecular weight is 497 g/mol. The Labute approximate surface area is 205 Å². The van der Waals surface area contributed by atoms with Crippen molar-refractivity contribution in [2.75, 3.05) is 5.75 Å². The first-order chi connectivity index (χ1) is 16.9. The van der Waals surface area contributed by atoms with E-state index >= 15 is 4.39 Å². The number of halogens is 3. The number of amidine groups is 1. The molecule has 4 nitrogen and oxygen atoms in total. The zero-order valence-corrected chi connectivity index (χ0v) is 19.5. The summed E-state index contributed by atoms with van der Waals surface area (Å²) in [5.74, 6) is -1.85. The number of benzene rings is 3. The molecule has 1 amide bonds. The highest BCUT2D eigenvalue weighted by atomic mass is 32.2. The van der Waals surface area contributed by atoms with Crippen LogP contribution in [0, 0.1) is 23.4 Å². The van der Waals surface area contributed by atoms with Gasteiger partial charge in [-0.15, -0.1) is 0 Å². The van der Waals surface area contributed by atoms with Crippen LogP contribution in [0.5, 0.6) is 0 Å². The van der Waals surface area contributed by atoms with Crippen molar-refractivity contribution in [1.82, 2.24) is 5.32 Å². The van der Waals surface area contributed by atoms with E-state index in [4.69, 9.17) is 9.73 Å². The topological polar surface area (TPSA) is 50.7 Å². The van der Waals surface area contributed by atoms with Crippen LogP contribution < -0.4 is 5.32 Å². The van der Waals surface area contributed by atoms with Gasteiger partial charge >= 0.3 is 0 Å². The molecule has 0 unspecified atom stereocenters. The van der Waals surface area contributed by atoms with Crippen molar-refractivity contribution in [3.63, 3.8) is 0 Å². The molecule has 3 aromatic carbocycles. The number of thioether (sulfide) groups is 1. The summed E-state index contributed by atoms with van der Waals surface area (Å²) in [7, 11) is 0. The number of ether oxygens (including phenoxy) is 1. The van der Waals surface area contributed by atoms with Gasteiger partial charge in [-0.25, -0.2) is 13.2 Å². The Balaban J connectivity index is 1.41. The van der Waals surface area contributed by atoms with Crippen LogP contribution in [-0.4, -0.2) is 22.9 Å². The van der Waals surface area contributed by atoms with Gasteiger partial charge < -0.3 is 10.1 Å². The molecular weight excluding hydrogens is 473 g/mol. The first kappa shape index (κ1) is 23.6. The molecule has 1 heterocycles. The second-order valence-corrected chi connectivity index (χ2v) is 9.78. The number of carbonyl (C=O) groups excluding carboxylic acids is 1. The van der Waals surface area contributed by atoms with Gasteiger partial charge in [0.25, 0.3) is 5.91 Å². The Morgan fingerprint density at radius 2 is 1.77 bits per heavy atom. The molecule has 5 rings (SSSR count). The summed E-state index contributed by atoms with van der Waals surface area (Å²) in [5, 5.41) is 3.32. The Bertz CT molecular complexity index is 1270. The van der Waals surface area contributed by atoms with E-state index in [1.165, 1.54) is 23.9 Å². The lowest BCUT2D eigenvalue weighted by molar-refractivity contribution is 0.0405. The van der Waals surface area contributed by atoms with Gasteiger partial charge in [0, 0.05) is 29.2 Å². The third kappa shape index (κ3) is 4.86. The zero-order chi connectivity index (χ0) is 24.4. The summed E-state index contributed by atoms with van der Waals surface area (Å²) in [6.45, 7) is 0.108. The van der Waals surface area contributed by atoms with Crippen LogP contribution in [0.4, 0.5) is 13.2 Å². The van der Waals surface area contributed by atoms with E-state index in [9.17, 15) is 13.6 Å². The third-order valence-corrected chi connectivity index (χ3v) is 7.59. The average Bonchev–Trinajstić information content (AvgIpc) is 3.24. The van der Waals surface area contributed by atoms with Gasteiger partial charge in [-0.1, -0.05) is 54.2 Å². The number of nitrogens with zero attached hydrogens (tertiary/aromatic N) is 1. The molecule has 8 heteroatoms. The highest BCUT2D eigenvalue weighted by Gasteiger charge is 2.52. The van der Waals surface area contributed by atoms with E-state index < -0.39 is 17.2 Å². The van der Waals surface area contributed by atoms with Crippen molar-refractivity contribution < 1.29 is 22.7 Å². The van der Waals surface area contributed by atoms with Crippen LogP contribution in [0.2, 0.25) is 0 Å². The molecule has 1 N–H and O–H groups in total. The molecule has 3 aromatic rings. The van der Waals surface area contributed by atoms with E-state index in [0.29, 0.717) is 40.5 Å². The Morgan fingerprint density at radius 3 is 2.54 bits per heavy atom. The highest BCUT2D eigenvalue weighted by molar-refractivity contribution is 8.13. The van der Waals surface area contributed by atoms with Crippen molar-refractivity contribution in [1.29, 1.82) is 0 Å². The van der Waals surface area contributed by atoms with Gasteiger partial charge in [-0.2, -0.15) is 0 Å². The summed E-state index contributed by atoms with van der Waals surface area (Å²) in [6, 6.07) is 19.1. The lowest BCUT2D eigenvalue weighted by Crippen LogP contribution is -2.40. The number of hydrogen-bond donors (Lipinski definition) is 1. The molecule has 0 aromatic heterocycles. The van der Waals surface area contributed by atoms with Gasteiger partial charge in [0.1, 0.15) is 5.82 Å². The molecule has 0 radical (unpaired) electrons. The van der Waals surface area contributed by atoms with E-state index in [0.717, 1.165) is 12.1 Å². The molecule has 1 aliphatic heterocycles. The van der Waals surface area contributed by atoms with Crippen molar-refractivity contribution in [2.24, 2.45) is 10.9 Å². The lowest BCUT2D eigenvalue weighted by Gasteiger charge is -2.36. The van der Waals surface area contributed by atoms with Crippen molar-refractivity contribution in [2.45, 2.75) is 31.1 Å². The summed E-state index contributed by atoms with van der Waals surface area (Å²) in [6.07, 6.45) is 0.781. The first-order valence-corrected chi connectivity index (χ1v) is 12.3. The number of hydrogen-bond acceptors (Lipinski definition) is 4. The van der Waals surface area contributed by atoms with Crippen molar-refractivity contribution >= 4 is 22.8 Å². The number of rotatable bonds is 5. The van der Waals surface area contributed by atoms with E-state index in [-0.39, 0.29) is 30.4 Å². The predicted octanol–water partition coefficient (Wildman–Crippen LogP) is 5.83. The third-order valence-electron chi connectivity index (χ3n) is 6.55. The van der Waals surface area contributed by atoms with Crippen LogP contribution in [-0.2, 0) is 16.9 Å². The molecular formula is C27H23F3N2O2S. The van der Waals surface area contributed by atoms with E-state index in [2.05, 4.69) is 5.32 Å². The smallest absolute Gasteiger partial charge is 0.257 e. The normalized spacial score (nSPS) is 23.5. The first-order valence-electron chi connectivity index (χ1n) is 11.3. The predicted molar refractivity (Wildman–Crippen MR) is 130 cm³/mol. The fourth-order valence-electron chi connectivity index (χ4n) is 4.84. The molecule has 1 saturated carbocycles. The monoisotopic (exact) mass is 496 g/mol. The van der Waals surface area contributed by atoms with Crippen LogP contribution in [0.15, 0.2) is 77.8 Å². The fraction of sp³-hybridized carbons (Fsp3) is 0.259. The molecule has 35 heavy (non-hydrogen) atoms. The maximum atomic E-state index is 15.0. The minimum absolute atomic E-state index is 0.0169. The quantitative estimate of drug-likeness (QED) is 0.484. The zero-order valence-electron chi connectivity index (χ0n) is 18.7. The number of nitrogens with one attached hydrogen (secondary N) is 1. The fourth-order valence-corrected chi connectivity index (χ4v) is 6.00. The van der Waals surface area contributed by atoms with Gasteiger partial charge in [-0.3, -0.25) is 9.79 Å². The molecule has 1 fully saturated rings. The Hall–Kier alpha value is -3.10. The maximum Gasteiger partial charge on any atom is 0.257 e. The van der Waals surface area contributed by atoms with Crippen LogP contribution in [0.1, 0.15) is 34.3 Å². The van der Waals surface area contributed by atoms with E-state index in [1.54, 1.807) is 42.5 Å². The van der Waals surface area contributed by atoms with Crippen molar-refractivity contribution in [3.05, 3.63) is 107 Å². The largest absolute Gasteiger partial charge is 0.373 e. The minimum Gasteiger partial charge on any atom is -0.373 e. The second kappa shape index (κ2) is 9.87. The summed E-state index contributed by atoms with van der Waals surface area (Å²) < 4.78 is 48.0. The van der Waals surface area contributed by atoms with Gasteiger partial charge in [0.2, 0.25) is 0 Å². The Morgan fingerprint density at radius 1 is 1.00 bits per heavy atom. The van der Waals surface area contributed by atoms with Crippen LogP contribution >= 0.6 is 11.8 Å². The molecule has 0 spiro atoms. The van der Waals surface area contributed by atoms with E-state index in [1.807, 2.05) is 6.07 Å².